The molecule has 0 fully saturated rings. The molecular formula is C12H15NO5S. The van der Waals surface area contributed by atoms with E-state index in [0.717, 1.165) is 0 Å². The van der Waals surface area contributed by atoms with Crippen LogP contribution < -0.4 is 5.32 Å². The maximum Gasteiger partial charge on any atom is 0.326 e. The average Bonchev–Trinajstić information content (AvgIpc) is 2.37. The zero-order valence-corrected chi connectivity index (χ0v) is 11.1. The minimum atomic E-state index is -1.14. The first-order chi connectivity index (χ1) is 8.97. The number of phenolic OH excluding ortho intramolecular Hbond substituents is 2. The van der Waals surface area contributed by atoms with Crippen molar-refractivity contribution in [2.45, 2.75) is 12.5 Å². The predicted octanol–water partition coefficient (Wildman–Crippen LogP) is 1.03. The lowest BCUT2D eigenvalue weighted by atomic mass is 10.1. The number of para-hydroxylation sites is 1. The van der Waals surface area contributed by atoms with Crippen LogP contribution in [-0.2, 0) is 4.79 Å². The molecule has 0 aliphatic heterocycles. The first-order valence-electron chi connectivity index (χ1n) is 5.51. The van der Waals surface area contributed by atoms with Crippen molar-refractivity contribution in [1.82, 2.24) is 5.32 Å². The number of aliphatic carboxylic acids is 1. The van der Waals surface area contributed by atoms with Crippen LogP contribution in [0, 0.1) is 0 Å². The van der Waals surface area contributed by atoms with Crippen LogP contribution in [0.4, 0.5) is 0 Å². The summed E-state index contributed by atoms with van der Waals surface area (Å²) in [5.41, 5.74) is -0.157. The fraction of sp³-hybridized carbons (Fsp3) is 0.333. The van der Waals surface area contributed by atoms with Crippen molar-refractivity contribution in [3.8, 4) is 11.5 Å². The summed E-state index contributed by atoms with van der Waals surface area (Å²) in [5.74, 6) is -2.27. The number of rotatable bonds is 6. The van der Waals surface area contributed by atoms with E-state index >= 15 is 0 Å². The third-order valence-corrected chi connectivity index (χ3v) is 3.12. The molecule has 1 atom stereocenters. The predicted molar refractivity (Wildman–Crippen MR) is 71.7 cm³/mol. The van der Waals surface area contributed by atoms with Crippen molar-refractivity contribution in [3.05, 3.63) is 23.8 Å². The summed E-state index contributed by atoms with van der Waals surface area (Å²) in [6.07, 6.45) is 2.11. The van der Waals surface area contributed by atoms with Crippen LogP contribution in [0.5, 0.6) is 11.5 Å². The Kier molecular flexibility index (Phi) is 5.50. The number of hydrogen-bond acceptors (Lipinski definition) is 5. The topological polar surface area (TPSA) is 107 Å². The normalized spacial score (nSPS) is 11.8. The minimum absolute atomic E-state index is 0.157. The summed E-state index contributed by atoms with van der Waals surface area (Å²) < 4.78 is 0. The number of phenols is 2. The third-order valence-electron chi connectivity index (χ3n) is 2.47. The summed E-state index contributed by atoms with van der Waals surface area (Å²) in [6.45, 7) is 0. The number of thioether (sulfide) groups is 1. The molecule has 0 bridgehead atoms. The SMILES string of the molecule is CSCC[C@@H](NC(=O)c1cccc(O)c1O)C(=O)O. The van der Waals surface area contributed by atoms with Crippen molar-refractivity contribution < 1.29 is 24.9 Å². The molecule has 0 heterocycles. The molecule has 0 aromatic heterocycles. The molecule has 104 valence electrons. The molecule has 7 heteroatoms. The summed E-state index contributed by atoms with van der Waals surface area (Å²) in [4.78, 5) is 22.8. The van der Waals surface area contributed by atoms with E-state index in [1.807, 2.05) is 6.26 Å². The van der Waals surface area contributed by atoms with E-state index in [2.05, 4.69) is 5.32 Å². The molecule has 4 N–H and O–H groups in total. The van der Waals surface area contributed by atoms with Crippen LogP contribution in [0.1, 0.15) is 16.8 Å². The quantitative estimate of drug-likeness (QED) is 0.582. The smallest absolute Gasteiger partial charge is 0.326 e. The molecular weight excluding hydrogens is 270 g/mol. The van der Waals surface area contributed by atoms with Gasteiger partial charge in [-0.2, -0.15) is 11.8 Å². The van der Waals surface area contributed by atoms with Crippen molar-refractivity contribution >= 4 is 23.6 Å². The van der Waals surface area contributed by atoms with Gasteiger partial charge in [0.2, 0.25) is 0 Å². The van der Waals surface area contributed by atoms with E-state index < -0.39 is 29.4 Å². The second-order valence-electron chi connectivity index (χ2n) is 3.82. The van der Waals surface area contributed by atoms with Crippen molar-refractivity contribution in [3.63, 3.8) is 0 Å². The van der Waals surface area contributed by atoms with Crippen LogP contribution >= 0.6 is 11.8 Å². The van der Waals surface area contributed by atoms with Gasteiger partial charge in [-0.3, -0.25) is 4.79 Å². The number of carboxylic acids is 1. The van der Waals surface area contributed by atoms with Crippen LogP contribution in [0.3, 0.4) is 0 Å². The maximum absolute atomic E-state index is 11.8. The van der Waals surface area contributed by atoms with Crippen LogP contribution in [0.2, 0.25) is 0 Å². The summed E-state index contributed by atoms with van der Waals surface area (Å²) in [7, 11) is 0. The van der Waals surface area contributed by atoms with Gasteiger partial charge in [-0.15, -0.1) is 0 Å². The first-order valence-corrected chi connectivity index (χ1v) is 6.90. The highest BCUT2D eigenvalue weighted by atomic mass is 32.2. The van der Waals surface area contributed by atoms with E-state index in [1.165, 1.54) is 30.0 Å². The van der Waals surface area contributed by atoms with Gasteiger partial charge in [0.15, 0.2) is 11.5 Å². The van der Waals surface area contributed by atoms with Crippen LogP contribution in [-0.4, -0.2) is 45.2 Å². The van der Waals surface area contributed by atoms with Gasteiger partial charge in [0, 0.05) is 0 Å². The van der Waals surface area contributed by atoms with Gasteiger partial charge in [0.1, 0.15) is 6.04 Å². The average molecular weight is 285 g/mol. The second-order valence-corrected chi connectivity index (χ2v) is 4.80. The molecule has 0 unspecified atom stereocenters. The molecule has 6 nitrogen and oxygen atoms in total. The number of carboxylic acid groups (broad SMARTS) is 1. The molecule has 0 aliphatic carbocycles. The summed E-state index contributed by atoms with van der Waals surface area (Å²) in [5, 5.41) is 30.1. The van der Waals surface area contributed by atoms with E-state index in [-0.39, 0.29) is 12.0 Å². The molecule has 1 rings (SSSR count). The molecule has 0 radical (unpaired) electrons. The lowest BCUT2D eigenvalue weighted by Crippen LogP contribution is -2.41. The number of nitrogens with one attached hydrogen (secondary N) is 1. The lowest BCUT2D eigenvalue weighted by molar-refractivity contribution is -0.139. The Balaban J connectivity index is 2.82. The van der Waals surface area contributed by atoms with Crippen LogP contribution in [0.15, 0.2) is 18.2 Å². The number of hydrogen-bond donors (Lipinski definition) is 4. The highest BCUT2D eigenvalue weighted by Gasteiger charge is 2.22. The number of amides is 1. The van der Waals surface area contributed by atoms with Crippen molar-refractivity contribution in [2.24, 2.45) is 0 Å². The van der Waals surface area contributed by atoms with Crippen molar-refractivity contribution in [1.29, 1.82) is 0 Å². The Bertz CT molecular complexity index is 477. The standard InChI is InChI=1S/C12H15NO5S/c1-19-6-5-8(12(17)18)13-11(16)7-3-2-4-9(14)10(7)15/h2-4,8,14-15H,5-6H2,1H3,(H,13,16)(H,17,18)/t8-/m1/s1. The fourth-order valence-corrected chi connectivity index (χ4v) is 1.92. The molecule has 1 aromatic carbocycles. The Morgan fingerprint density at radius 1 is 1.37 bits per heavy atom. The lowest BCUT2D eigenvalue weighted by Gasteiger charge is -2.14. The first kappa shape index (κ1) is 15.2. The molecule has 0 saturated carbocycles. The molecule has 0 saturated heterocycles. The number of carbonyl (C=O) groups is 2. The molecule has 1 aromatic rings. The highest BCUT2D eigenvalue weighted by molar-refractivity contribution is 7.98. The summed E-state index contributed by atoms with van der Waals surface area (Å²) >= 11 is 1.47. The fourth-order valence-electron chi connectivity index (χ4n) is 1.44. The molecule has 1 amide bonds. The monoisotopic (exact) mass is 285 g/mol. The van der Waals surface area contributed by atoms with Crippen molar-refractivity contribution in [2.75, 3.05) is 12.0 Å². The van der Waals surface area contributed by atoms with E-state index in [0.29, 0.717) is 5.75 Å². The Morgan fingerprint density at radius 3 is 2.63 bits per heavy atom. The maximum atomic E-state index is 11.8. The van der Waals surface area contributed by atoms with E-state index in [1.54, 1.807) is 0 Å². The molecule has 19 heavy (non-hydrogen) atoms. The van der Waals surface area contributed by atoms with E-state index in [4.69, 9.17) is 5.11 Å². The van der Waals surface area contributed by atoms with Gasteiger partial charge in [0.05, 0.1) is 5.56 Å². The zero-order valence-electron chi connectivity index (χ0n) is 10.3. The highest BCUT2D eigenvalue weighted by Crippen LogP contribution is 2.28. The van der Waals surface area contributed by atoms with Gasteiger partial charge in [-0.25, -0.2) is 4.79 Å². The Morgan fingerprint density at radius 2 is 2.05 bits per heavy atom. The van der Waals surface area contributed by atoms with Gasteiger partial charge in [-0.05, 0) is 30.6 Å². The van der Waals surface area contributed by atoms with Gasteiger partial charge in [0.25, 0.3) is 5.91 Å². The molecule has 0 aliphatic rings. The Hall–Kier alpha value is -1.89. The molecule has 0 spiro atoms. The third kappa shape index (κ3) is 4.06. The minimum Gasteiger partial charge on any atom is -0.504 e. The van der Waals surface area contributed by atoms with Gasteiger partial charge < -0.3 is 20.6 Å². The van der Waals surface area contributed by atoms with Gasteiger partial charge >= 0.3 is 5.97 Å². The largest absolute Gasteiger partial charge is 0.504 e. The number of benzene rings is 1. The Labute approximate surface area is 114 Å². The summed E-state index contributed by atoms with van der Waals surface area (Å²) in [6, 6.07) is 2.90. The van der Waals surface area contributed by atoms with E-state index in [9.17, 15) is 19.8 Å². The number of carbonyl (C=O) groups excluding carboxylic acids is 1. The van der Waals surface area contributed by atoms with Crippen LogP contribution in [0.25, 0.3) is 0 Å². The zero-order chi connectivity index (χ0) is 14.4. The second kappa shape index (κ2) is 6.89. The number of aromatic hydroxyl groups is 2. The van der Waals surface area contributed by atoms with Gasteiger partial charge in [-0.1, -0.05) is 6.07 Å².